The van der Waals surface area contributed by atoms with Crippen molar-refractivity contribution >= 4 is 11.9 Å². The average molecular weight is 599 g/mol. The van der Waals surface area contributed by atoms with Crippen molar-refractivity contribution in [2.45, 2.75) is 51.9 Å². The Hall–Kier alpha value is -3.72. The van der Waals surface area contributed by atoms with Crippen LogP contribution in [0.3, 0.4) is 0 Å². The van der Waals surface area contributed by atoms with Crippen LogP contribution in [0.25, 0.3) is 0 Å². The molecule has 1 amide bonds. The number of rotatable bonds is 9. The summed E-state index contributed by atoms with van der Waals surface area (Å²) in [6.07, 6.45) is 0.805. The molecule has 2 saturated heterocycles. The molecule has 3 aromatic rings. The van der Waals surface area contributed by atoms with E-state index in [-0.39, 0.29) is 36.3 Å². The molecule has 0 spiro atoms. The Kier molecular flexibility index (Phi) is 10.7. The number of phenolic OH excluding ortho intramolecular Hbond substituents is 1. The van der Waals surface area contributed by atoms with Gasteiger partial charge in [0, 0.05) is 63.5 Å². The zero-order valence-corrected chi connectivity index (χ0v) is 26.3. The van der Waals surface area contributed by atoms with E-state index in [0.29, 0.717) is 37.8 Å². The number of piperazine rings is 1. The third-order valence-corrected chi connectivity index (χ3v) is 8.89. The Morgan fingerprint density at radius 1 is 0.864 bits per heavy atom. The van der Waals surface area contributed by atoms with Crippen LogP contribution in [0.4, 0.5) is 0 Å². The van der Waals surface area contributed by atoms with Crippen LogP contribution in [0, 0.1) is 0 Å². The molecule has 2 aliphatic rings. The summed E-state index contributed by atoms with van der Waals surface area (Å²) in [5.41, 5.74) is 4.02. The Labute approximate surface area is 261 Å². The highest BCUT2D eigenvalue weighted by atomic mass is 16.5. The lowest BCUT2D eigenvalue weighted by Crippen LogP contribution is -2.56. The fraction of sp³-hybridized carbons (Fsp3) is 0.444. The van der Waals surface area contributed by atoms with Crippen LogP contribution in [0.15, 0.2) is 78.9 Å². The monoisotopic (exact) mass is 598 g/mol. The normalized spacial score (nSPS) is 21.0. The van der Waals surface area contributed by atoms with Crippen LogP contribution in [0.1, 0.15) is 60.3 Å². The number of carbonyl (C=O) groups excluding carboxylic acids is 2. The Balaban J connectivity index is 1.36. The molecule has 0 radical (unpaired) electrons. The largest absolute Gasteiger partial charge is 0.508 e. The van der Waals surface area contributed by atoms with E-state index in [1.165, 1.54) is 5.56 Å². The number of ether oxygens (including phenoxy) is 1. The predicted molar refractivity (Wildman–Crippen MR) is 172 cm³/mol. The first kappa shape index (κ1) is 31.7. The molecule has 0 saturated carbocycles. The molecule has 2 fully saturated rings. The van der Waals surface area contributed by atoms with Crippen LogP contribution in [0.2, 0.25) is 0 Å². The summed E-state index contributed by atoms with van der Waals surface area (Å²) in [6, 6.07) is 26.6. The molecular weight excluding hydrogens is 552 g/mol. The topological polar surface area (TPSA) is 76.6 Å². The van der Waals surface area contributed by atoms with Gasteiger partial charge in [-0.25, -0.2) is 0 Å². The molecule has 0 unspecified atom stereocenters. The lowest BCUT2D eigenvalue weighted by Gasteiger charge is -2.47. The molecule has 2 aliphatic heterocycles. The summed E-state index contributed by atoms with van der Waals surface area (Å²) in [5.74, 6) is 0.0242. The minimum Gasteiger partial charge on any atom is -0.508 e. The number of esters is 1. The molecular formula is C36H46N4O4. The summed E-state index contributed by atoms with van der Waals surface area (Å²) in [4.78, 5) is 34.9. The fourth-order valence-electron chi connectivity index (χ4n) is 6.64. The first-order chi connectivity index (χ1) is 21.3. The maximum atomic E-state index is 13.8. The minimum atomic E-state index is -0.220. The van der Waals surface area contributed by atoms with E-state index >= 15 is 0 Å². The van der Waals surface area contributed by atoms with E-state index in [2.05, 4.69) is 71.0 Å². The van der Waals surface area contributed by atoms with E-state index in [0.717, 1.165) is 43.7 Å². The summed E-state index contributed by atoms with van der Waals surface area (Å²) < 4.78 is 5.12. The van der Waals surface area contributed by atoms with Gasteiger partial charge in [-0.05, 0) is 68.1 Å². The highest BCUT2D eigenvalue weighted by Gasteiger charge is 2.35. The van der Waals surface area contributed by atoms with Gasteiger partial charge in [0.1, 0.15) is 5.75 Å². The van der Waals surface area contributed by atoms with E-state index in [1.807, 2.05) is 42.2 Å². The van der Waals surface area contributed by atoms with E-state index in [4.69, 9.17) is 4.74 Å². The first-order valence-electron chi connectivity index (χ1n) is 15.9. The summed E-state index contributed by atoms with van der Waals surface area (Å²) in [6.45, 7) is 12.3. The SMILES string of the molecule is CCOC(=O)CN1CCCN(C(=O)c2cccc([C@H](c3cccc(O)c3)N3C[C@@H](C)N(Cc4ccccc4)C[C@@H]3C)c2)CC1. The van der Waals surface area contributed by atoms with Crippen molar-refractivity contribution in [1.82, 2.24) is 19.6 Å². The highest BCUT2D eigenvalue weighted by Crippen LogP contribution is 2.35. The first-order valence-corrected chi connectivity index (χ1v) is 15.9. The second kappa shape index (κ2) is 14.8. The molecule has 0 aromatic heterocycles. The van der Waals surface area contributed by atoms with E-state index in [9.17, 15) is 14.7 Å². The highest BCUT2D eigenvalue weighted by molar-refractivity contribution is 5.94. The molecule has 2 heterocycles. The molecule has 0 aliphatic carbocycles. The number of amides is 1. The summed E-state index contributed by atoms with van der Waals surface area (Å²) in [7, 11) is 0. The number of benzene rings is 3. The minimum absolute atomic E-state index is 0.00795. The number of hydrogen-bond donors (Lipinski definition) is 1. The zero-order chi connectivity index (χ0) is 31.1. The molecule has 234 valence electrons. The van der Waals surface area contributed by atoms with Gasteiger partial charge in [-0.1, -0.05) is 54.6 Å². The number of aromatic hydroxyl groups is 1. The predicted octanol–water partition coefficient (Wildman–Crippen LogP) is 4.79. The van der Waals surface area contributed by atoms with Crippen molar-refractivity contribution in [2.75, 3.05) is 52.4 Å². The van der Waals surface area contributed by atoms with Gasteiger partial charge in [-0.2, -0.15) is 0 Å². The quantitative estimate of drug-likeness (QED) is 0.355. The molecule has 3 aromatic carbocycles. The summed E-state index contributed by atoms with van der Waals surface area (Å²) >= 11 is 0. The van der Waals surface area contributed by atoms with Crippen molar-refractivity contribution < 1.29 is 19.4 Å². The maximum Gasteiger partial charge on any atom is 0.320 e. The van der Waals surface area contributed by atoms with Crippen LogP contribution in [0.5, 0.6) is 5.75 Å². The van der Waals surface area contributed by atoms with E-state index < -0.39 is 0 Å². The molecule has 8 nitrogen and oxygen atoms in total. The Bertz CT molecular complexity index is 1400. The fourth-order valence-corrected chi connectivity index (χ4v) is 6.64. The lowest BCUT2D eigenvalue weighted by atomic mass is 9.92. The van der Waals surface area contributed by atoms with Crippen LogP contribution in [-0.2, 0) is 16.1 Å². The van der Waals surface area contributed by atoms with Crippen molar-refractivity contribution in [2.24, 2.45) is 0 Å². The zero-order valence-electron chi connectivity index (χ0n) is 26.3. The molecule has 3 atom stereocenters. The van der Waals surface area contributed by atoms with E-state index in [1.54, 1.807) is 6.07 Å². The van der Waals surface area contributed by atoms with Crippen molar-refractivity contribution in [1.29, 1.82) is 0 Å². The van der Waals surface area contributed by atoms with Gasteiger partial charge >= 0.3 is 5.97 Å². The van der Waals surface area contributed by atoms with Crippen LogP contribution < -0.4 is 0 Å². The number of carbonyl (C=O) groups is 2. The van der Waals surface area contributed by atoms with Gasteiger partial charge in [0.25, 0.3) is 5.91 Å². The second-order valence-corrected chi connectivity index (χ2v) is 12.2. The second-order valence-electron chi connectivity index (χ2n) is 12.2. The van der Waals surface area contributed by atoms with Crippen molar-refractivity contribution in [3.05, 3.63) is 101 Å². The molecule has 5 rings (SSSR count). The average Bonchev–Trinajstić information content (AvgIpc) is 3.25. The van der Waals surface area contributed by atoms with Gasteiger partial charge in [-0.15, -0.1) is 0 Å². The smallest absolute Gasteiger partial charge is 0.320 e. The van der Waals surface area contributed by atoms with Crippen LogP contribution >= 0.6 is 0 Å². The van der Waals surface area contributed by atoms with Gasteiger partial charge in [0.2, 0.25) is 0 Å². The molecule has 44 heavy (non-hydrogen) atoms. The van der Waals surface area contributed by atoms with Crippen molar-refractivity contribution in [3.8, 4) is 5.75 Å². The molecule has 1 N–H and O–H groups in total. The lowest BCUT2D eigenvalue weighted by molar-refractivity contribution is -0.144. The van der Waals surface area contributed by atoms with Gasteiger partial charge in [0.15, 0.2) is 0 Å². The van der Waals surface area contributed by atoms with Crippen molar-refractivity contribution in [3.63, 3.8) is 0 Å². The third-order valence-electron chi connectivity index (χ3n) is 8.89. The number of phenols is 1. The van der Waals surface area contributed by atoms with Crippen LogP contribution in [-0.4, -0.2) is 101 Å². The summed E-state index contributed by atoms with van der Waals surface area (Å²) in [5, 5.41) is 10.5. The van der Waals surface area contributed by atoms with Gasteiger partial charge < -0.3 is 14.7 Å². The molecule has 0 bridgehead atoms. The third kappa shape index (κ3) is 7.86. The van der Waals surface area contributed by atoms with Gasteiger partial charge in [0.05, 0.1) is 19.2 Å². The Morgan fingerprint density at radius 3 is 2.36 bits per heavy atom. The number of nitrogens with zero attached hydrogens (tertiary/aromatic N) is 4. The maximum absolute atomic E-state index is 13.8. The Morgan fingerprint density at radius 2 is 1.61 bits per heavy atom. The standard InChI is InChI=1S/C36H46N4O4/c1-4-44-34(42)26-37-17-10-18-38(20-19-37)36(43)32-15-8-13-30(21-32)35(31-14-9-16-33(41)22-31)40-24-27(2)39(23-28(40)3)25-29-11-6-5-7-12-29/h5-9,11-16,21-22,27-28,35,41H,4,10,17-20,23-26H2,1-3H3/t27-,28+,35-/m1/s1. The van der Waals surface area contributed by atoms with Gasteiger partial charge in [-0.3, -0.25) is 24.3 Å². The molecule has 8 heteroatoms. The number of hydrogen-bond acceptors (Lipinski definition) is 7.